The zero-order valence-electron chi connectivity index (χ0n) is 15.0. The Balaban J connectivity index is 1.86. The van der Waals surface area contributed by atoms with Gasteiger partial charge >= 0.3 is 0 Å². The van der Waals surface area contributed by atoms with Gasteiger partial charge in [-0.3, -0.25) is 9.59 Å². The van der Waals surface area contributed by atoms with E-state index in [1.807, 2.05) is 0 Å². The number of halogens is 2. The van der Waals surface area contributed by atoms with Gasteiger partial charge in [0.05, 0.1) is 24.9 Å². The summed E-state index contributed by atoms with van der Waals surface area (Å²) in [5, 5.41) is 5.59. The molecule has 0 aliphatic carbocycles. The van der Waals surface area contributed by atoms with Gasteiger partial charge in [0.15, 0.2) is 0 Å². The maximum atomic E-state index is 12.8. The lowest BCUT2D eigenvalue weighted by Gasteiger charge is -2.13. The summed E-state index contributed by atoms with van der Waals surface area (Å²) >= 11 is 6.01. The molecular formula is C19H20ClFN2O4. The lowest BCUT2D eigenvalue weighted by molar-refractivity contribution is -0.126. The molecule has 0 radical (unpaired) electrons. The molecule has 2 rings (SSSR count). The number of hydrogen-bond acceptors (Lipinski definition) is 4. The van der Waals surface area contributed by atoms with Gasteiger partial charge in [-0.1, -0.05) is 23.7 Å². The van der Waals surface area contributed by atoms with Crippen molar-refractivity contribution in [3.05, 3.63) is 52.8 Å². The molecule has 0 aromatic heterocycles. The van der Waals surface area contributed by atoms with Crippen molar-refractivity contribution in [3.8, 4) is 11.5 Å². The van der Waals surface area contributed by atoms with Crippen LogP contribution in [0.2, 0.25) is 5.02 Å². The summed E-state index contributed by atoms with van der Waals surface area (Å²) in [6, 6.07) is 9.05. The first-order chi connectivity index (χ1) is 12.9. The molecule has 8 heteroatoms. The number of anilines is 1. The zero-order chi connectivity index (χ0) is 19.8. The van der Waals surface area contributed by atoms with E-state index in [1.54, 1.807) is 12.1 Å². The van der Waals surface area contributed by atoms with E-state index in [0.29, 0.717) is 35.2 Å². The second-order valence-corrected chi connectivity index (χ2v) is 6.05. The molecule has 0 bridgehead atoms. The number of methoxy groups -OCH3 is 2. The molecule has 0 saturated heterocycles. The number of amides is 2. The van der Waals surface area contributed by atoms with Crippen molar-refractivity contribution in [1.82, 2.24) is 5.32 Å². The normalized spacial score (nSPS) is 10.2. The maximum absolute atomic E-state index is 12.8. The van der Waals surface area contributed by atoms with E-state index in [4.69, 9.17) is 21.1 Å². The number of benzene rings is 2. The van der Waals surface area contributed by atoms with Gasteiger partial charge in [0.2, 0.25) is 11.8 Å². The van der Waals surface area contributed by atoms with Crippen molar-refractivity contribution in [2.75, 3.05) is 26.1 Å². The first kappa shape index (κ1) is 20.5. The lowest BCUT2D eigenvalue weighted by Crippen LogP contribution is -2.29. The number of nitrogens with one attached hydrogen (secondary N) is 2. The SMILES string of the molecule is COc1cc(NC(=O)CC(=O)NCCc2ccc(F)cc2)c(OC)cc1Cl. The summed E-state index contributed by atoms with van der Waals surface area (Å²) in [5.41, 5.74) is 1.24. The highest BCUT2D eigenvalue weighted by Gasteiger charge is 2.15. The van der Waals surface area contributed by atoms with Crippen molar-refractivity contribution < 1.29 is 23.5 Å². The summed E-state index contributed by atoms with van der Waals surface area (Å²) in [6.45, 7) is 0.343. The summed E-state index contributed by atoms with van der Waals surface area (Å²) in [7, 11) is 2.89. The van der Waals surface area contributed by atoms with Crippen molar-refractivity contribution >= 4 is 29.1 Å². The maximum Gasteiger partial charge on any atom is 0.233 e. The van der Waals surface area contributed by atoms with Crippen molar-refractivity contribution in [2.45, 2.75) is 12.8 Å². The van der Waals surface area contributed by atoms with E-state index < -0.39 is 11.8 Å². The summed E-state index contributed by atoms with van der Waals surface area (Å²) in [4.78, 5) is 24.0. The third-order valence-corrected chi connectivity index (χ3v) is 4.01. The number of rotatable bonds is 8. The van der Waals surface area contributed by atoms with Crippen LogP contribution in [0.15, 0.2) is 36.4 Å². The fraction of sp³-hybridized carbons (Fsp3) is 0.263. The Labute approximate surface area is 161 Å². The van der Waals surface area contributed by atoms with Gasteiger partial charge in [-0.15, -0.1) is 0 Å². The first-order valence-electron chi connectivity index (χ1n) is 8.15. The van der Waals surface area contributed by atoms with Crippen LogP contribution in [-0.2, 0) is 16.0 Å². The number of carbonyl (C=O) groups excluding carboxylic acids is 2. The standard InChI is InChI=1S/C19H20ClFN2O4/c1-26-16-10-15(17(27-2)9-14(16)20)23-19(25)11-18(24)22-8-7-12-3-5-13(21)6-4-12/h3-6,9-10H,7-8,11H2,1-2H3,(H,22,24)(H,23,25). The van der Waals surface area contributed by atoms with Crippen LogP contribution in [-0.4, -0.2) is 32.6 Å². The van der Waals surface area contributed by atoms with Crippen LogP contribution in [0.1, 0.15) is 12.0 Å². The average molecular weight is 395 g/mol. The first-order valence-corrected chi connectivity index (χ1v) is 8.53. The largest absolute Gasteiger partial charge is 0.495 e. The molecule has 0 spiro atoms. The summed E-state index contributed by atoms with van der Waals surface area (Å²) in [6.07, 6.45) is 0.188. The van der Waals surface area contributed by atoms with Gasteiger partial charge in [0.1, 0.15) is 23.7 Å². The number of hydrogen-bond donors (Lipinski definition) is 2. The van der Waals surface area contributed by atoms with Crippen LogP contribution in [0, 0.1) is 5.82 Å². The minimum atomic E-state index is -0.503. The molecule has 2 amide bonds. The Morgan fingerprint density at radius 2 is 1.70 bits per heavy atom. The topological polar surface area (TPSA) is 76.7 Å². The van der Waals surface area contributed by atoms with Crippen LogP contribution >= 0.6 is 11.6 Å². The molecule has 0 atom stereocenters. The molecule has 0 unspecified atom stereocenters. The van der Waals surface area contributed by atoms with Crippen molar-refractivity contribution in [1.29, 1.82) is 0 Å². The van der Waals surface area contributed by atoms with E-state index in [2.05, 4.69) is 10.6 Å². The molecule has 144 valence electrons. The molecule has 0 fully saturated rings. The van der Waals surface area contributed by atoms with Crippen LogP contribution in [0.4, 0.5) is 10.1 Å². The van der Waals surface area contributed by atoms with Crippen molar-refractivity contribution in [3.63, 3.8) is 0 Å². The smallest absolute Gasteiger partial charge is 0.233 e. The molecule has 27 heavy (non-hydrogen) atoms. The Morgan fingerprint density at radius 3 is 2.33 bits per heavy atom. The third kappa shape index (κ3) is 6.14. The van der Waals surface area contributed by atoms with Gasteiger partial charge in [-0.05, 0) is 24.1 Å². The van der Waals surface area contributed by atoms with E-state index in [1.165, 1.54) is 38.5 Å². The summed E-state index contributed by atoms with van der Waals surface area (Å²) < 4.78 is 23.1. The third-order valence-electron chi connectivity index (χ3n) is 3.72. The Morgan fingerprint density at radius 1 is 1.04 bits per heavy atom. The van der Waals surface area contributed by atoms with Crippen LogP contribution < -0.4 is 20.1 Å². The fourth-order valence-corrected chi connectivity index (χ4v) is 2.59. The monoisotopic (exact) mass is 394 g/mol. The fourth-order valence-electron chi connectivity index (χ4n) is 2.36. The van der Waals surface area contributed by atoms with E-state index in [0.717, 1.165) is 5.56 Å². The highest BCUT2D eigenvalue weighted by atomic mass is 35.5. The Hall–Kier alpha value is -2.80. The molecule has 0 aliphatic heterocycles. The number of carbonyl (C=O) groups is 2. The van der Waals surface area contributed by atoms with Gasteiger partial charge in [0.25, 0.3) is 0 Å². The highest BCUT2D eigenvalue weighted by molar-refractivity contribution is 6.32. The van der Waals surface area contributed by atoms with Crippen LogP contribution in [0.3, 0.4) is 0 Å². The number of ether oxygens (including phenoxy) is 2. The molecular weight excluding hydrogens is 375 g/mol. The molecule has 0 heterocycles. The second-order valence-electron chi connectivity index (χ2n) is 5.64. The van der Waals surface area contributed by atoms with E-state index in [9.17, 15) is 14.0 Å². The van der Waals surface area contributed by atoms with E-state index >= 15 is 0 Å². The quantitative estimate of drug-likeness (QED) is 0.674. The highest BCUT2D eigenvalue weighted by Crippen LogP contribution is 2.35. The van der Waals surface area contributed by atoms with Crippen molar-refractivity contribution in [2.24, 2.45) is 0 Å². The Kier molecular flexibility index (Phi) is 7.43. The molecule has 6 nitrogen and oxygen atoms in total. The minimum Gasteiger partial charge on any atom is -0.495 e. The molecule has 2 N–H and O–H groups in total. The predicted molar refractivity (Wildman–Crippen MR) is 101 cm³/mol. The summed E-state index contributed by atoms with van der Waals surface area (Å²) in [5.74, 6) is -0.512. The Bertz CT molecular complexity index is 812. The molecule has 0 aliphatic rings. The van der Waals surface area contributed by atoms with Crippen LogP contribution in [0.5, 0.6) is 11.5 Å². The predicted octanol–water partition coefficient (Wildman–Crippen LogP) is 3.18. The minimum absolute atomic E-state index is 0.311. The van der Waals surface area contributed by atoms with Gasteiger partial charge < -0.3 is 20.1 Å². The zero-order valence-corrected chi connectivity index (χ0v) is 15.7. The second kappa shape index (κ2) is 9.78. The van der Waals surface area contributed by atoms with E-state index in [-0.39, 0.29) is 12.2 Å². The molecule has 2 aromatic carbocycles. The average Bonchev–Trinajstić information content (AvgIpc) is 2.64. The van der Waals surface area contributed by atoms with Gasteiger partial charge in [-0.25, -0.2) is 4.39 Å². The molecule has 2 aromatic rings. The van der Waals surface area contributed by atoms with Gasteiger partial charge in [0, 0.05) is 18.7 Å². The van der Waals surface area contributed by atoms with Gasteiger partial charge in [-0.2, -0.15) is 0 Å². The lowest BCUT2D eigenvalue weighted by atomic mass is 10.1. The molecule has 0 saturated carbocycles. The van der Waals surface area contributed by atoms with Crippen LogP contribution in [0.25, 0.3) is 0 Å².